The van der Waals surface area contributed by atoms with Crippen LogP contribution >= 0.6 is 0 Å². The van der Waals surface area contributed by atoms with Crippen molar-refractivity contribution in [3.8, 4) is 11.3 Å². The lowest BCUT2D eigenvalue weighted by molar-refractivity contribution is -0.137. The molecule has 9 heteroatoms. The highest BCUT2D eigenvalue weighted by molar-refractivity contribution is 5.63. The summed E-state index contributed by atoms with van der Waals surface area (Å²) in [7, 11) is 0. The molecule has 33 heavy (non-hydrogen) atoms. The van der Waals surface area contributed by atoms with Crippen LogP contribution in [0.15, 0.2) is 54.9 Å². The van der Waals surface area contributed by atoms with Crippen LogP contribution in [-0.4, -0.2) is 31.7 Å². The predicted octanol–water partition coefficient (Wildman–Crippen LogP) is 5.28. The van der Waals surface area contributed by atoms with E-state index in [4.69, 9.17) is 0 Å². The molecule has 0 bridgehead atoms. The van der Waals surface area contributed by atoms with Crippen molar-refractivity contribution in [3.05, 3.63) is 66.0 Å². The Morgan fingerprint density at radius 3 is 2.48 bits per heavy atom. The molecule has 1 aliphatic rings. The van der Waals surface area contributed by atoms with Crippen LogP contribution in [0.3, 0.4) is 0 Å². The molecule has 0 radical (unpaired) electrons. The molecule has 0 aliphatic heterocycles. The van der Waals surface area contributed by atoms with Crippen LogP contribution in [-0.2, 0) is 12.7 Å². The highest BCUT2D eigenvalue weighted by atomic mass is 19.4. The fourth-order valence-corrected chi connectivity index (χ4v) is 3.97. The number of nitrogens with zero attached hydrogens (tertiary/aromatic N) is 3. The Hall–Kier alpha value is -3.20. The molecule has 1 aromatic carbocycles. The van der Waals surface area contributed by atoms with Gasteiger partial charge in [0.2, 0.25) is 5.95 Å². The second-order valence-electron chi connectivity index (χ2n) is 8.60. The monoisotopic (exact) mass is 457 g/mol. The molecular weight excluding hydrogens is 431 g/mol. The van der Waals surface area contributed by atoms with E-state index in [1.165, 1.54) is 0 Å². The molecule has 3 aromatic rings. The number of halogens is 3. The number of benzene rings is 1. The zero-order chi connectivity index (χ0) is 23.5. The van der Waals surface area contributed by atoms with E-state index in [-0.39, 0.29) is 17.8 Å². The first-order chi connectivity index (χ1) is 15.7. The Morgan fingerprint density at radius 1 is 1.06 bits per heavy atom. The lowest BCUT2D eigenvalue weighted by Crippen LogP contribution is -2.36. The van der Waals surface area contributed by atoms with E-state index >= 15 is 0 Å². The molecule has 6 nitrogen and oxygen atoms in total. The molecule has 2 heterocycles. The third-order valence-corrected chi connectivity index (χ3v) is 5.87. The third-order valence-electron chi connectivity index (χ3n) is 5.87. The Morgan fingerprint density at radius 2 is 1.79 bits per heavy atom. The van der Waals surface area contributed by atoms with E-state index in [1.54, 1.807) is 13.1 Å². The SMILES string of the molecule is C[C@]1(O)CC[C@@H](Nc2nc(NCc3cccnc3-c3ccccc3)ncc2C(F)(F)F)CC1. The normalized spacial score (nSPS) is 20.9. The largest absolute Gasteiger partial charge is 0.421 e. The van der Waals surface area contributed by atoms with Crippen LogP contribution in [0, 0.1) is 0 Å². The summed E-state index contributed by atoms with van der Waals surface area (Å²) in [5, 5.41) is 16.1. The van der Waals surface area contributed by atoms with Crippen molar-refractivity contribution in [1.29, 1.82) is 0 Å². The number of aromatic nitrogens is 3. The zero-order valence-electron chi connectivity index (χ0n) is 18.2. The van der Waals surface area contributed by atoms with Crippen molar-refractivity contribution in [2.45, 2.75) is 57.0 Å². The number of nitrogens with one attached hydrogen (secondary N) is 2. The van der Waals surface area contributed by atoms with E-state index in [0.29, 0.717) is 32.2 Å². The third kappa shape index (κ3) is 5.78. The highest BCUT2D eigenvalue weighted by Crippen LogP contribution is 2.36. The van der Waals surface area contributed by atoms with Gasteiger partial charge in [-0.15, -0.1) is 0 Å². The molecule has 1 fully saturated rings. The van der Waals surface area contributed by atoms with Gasteiger partial charge in [0.25, 0.3) is 0 Å². The van der Waals surface area contributed by atoms with Gasteiger partial charge in [0, 0.05) is 30.5 Å². The van der Waals surface area contributed by atoms with Gasteiger partial charge in [-0.25, -0.2) is 4.98 Å². The maximum Gasteiger partial charge on any atom is 0.421 e. The molecule has 0 atom stereocenters. The number of anilines is 2. The number of pyridine rings is 1. The lowest BCUT2D eigenvalue weighted by Gasteiger charge is -2.34. The topological polar surface area (TPSA) is 83.0 Å². The fourth-order valence-electron chi connectivity index (χ4n) is 3.97. The summed E-state index contributed by atoms with van der Waals surface area (Å²) in [6, 6.07) is 13.2. The minimum atomic E-state index is -4.58. The van der Waals surface area contributed by atoms with Gasteiger partial charge < -0.3 is 15.7 Å². The summed E-state index contributed by atoms with van der Waals surface area (Å²) in [6.07, 6.45) is 0.0875. The highest BCUT2D eigenvalue weighted by Gasteiger charge is 2.37. The summed E-state index contributed by atoms with van der Waals surface area (Å²) in [5.74, 6) is -0.155. The Bertz CT molecular complexity index is 1080. The van der Waals surface area contributed by atoms with Gasteiger partial charge in [-0.2, -0.15) is 18.2 Å². The van der Waals surface area contributed by atoms with E-state index in [1.807, 2.05) is 42.5 Å². The van der Waals surface area contributed by atoms with E-state index < -0.39 is 17.3 Å². The van der Waals surface area contributed by atoms with Gasteiger partial charge in [-0.1, -0.05) is 36.4 Å². The lowest BCUT2D eigenvalue weighted by atomic mass is 9.83. The van der Waals surface area contributed by atoms with Crippen molar-refractivity contribution in [1.82, 2.24) is 15.0 Å². The predicted molar refractivity (Wildman–Crippen MR) is 121 cm³/mol. The van der Waals surface area contributed by atoms with Gasteiger partial charge in [0.1, 0.15) is 11.4 Å². The van der Waals surface area contributed by atoms with Crippen molar-refractivity contribution < 1.29 is 18.3 Å². The number of aliphatic hydroxyl groups is 1. The number of hydrogen-bond acceptors (Lipinski definition) is 6. The van der Waals surface area contributed by atoms with Crippen molar-refractivity contribution in [3.63, 3.8) is 0 Å². The Balaban J connectivity index is 1.53. The molecule has 3 N–H and O–H groups in total. The van der Waals surface area contributed by atoms with Gasteiger partial charge in [-0.05, 0) is 44.2 Å². The van der Waals surface area contributed by atoms with Crippen LogP contribution in [0.1, 0.15) is 43.7 Å². The first-order valence-electron chi connectivity index (χ1n) is 10.9. The van der Waals surface area contributed by atoms with E-state index in [0.717, 1.165) is 23.0 Å². The molecule has 174 valence electrons. The van der Waals surface area contributed by atoms with Gasteiger partial charge in [-0.3, -0.25) is 4.98 Å². The fraction of sp³-hybridized carbons (Fsp3) is 0.375. The first-order valence-corrected chi connectivity index (χ1v) is 10.9. The second kappa shape index (κ2) is 9.35. The van der Waals surface area contributed by atoms with E-state index in [2.05, 4.69) is 25.6 Å². The molecule has 1 aliphatic carbocycles. The first kappa shape index (κ1) is 23.0. The summed E-state index contributed by atoms with van der Waals surface area (Å²) in [5.41, 5.74) is 0.917. The Labute approximate surface area is 190 Å². The maximum absolute atomic E-state index is 13.6. The van der Waals surface area contributed by atoms with E-state index in [9.17, 15) is 18.3 Å². The second-order valence-corrected chi connectivity index (χ2v) is 8.60. The van der Waals surface area contributed by atoms with Crippen molar-refractivity contribution in [2.75, 3.05) is 10.6 Å². The maximum atomic E-state index is 13.6. The molecule has 2 aromatic heterocycles. The average Bonchev–Trinajstić information content (AvgIpc) is 2.79. The van der Waals surface area contributed by atoms with Crippen LogP contribution in [0.4, 0.5) is 24.9 Å². The molecule has 1 saturated carbocycles. The molecular formula is C24H26F3N5O. The zero-order valence-corrected chi connectivity index (χ0v) is 18.2. The molecule has 4 rings (SSSR count). The standard InChI is InChI=1S/C24H26F3N5O/c1-23(33)11-9-18(10-12-23)31-21-19(24(25,26)27)15-30-22(32-21)29-14-17-8-5-13-28-20(17)16-6-3-2-4-7-16/h2-8,13,15,18,33H,9-12,14H2,1H3,(H2,29,30,31,32)/t18-,23+. The molecule has 0 amide bonds. The minimum absolute atomic E-state index is 0.0937. The average molecular weight is 458 g/mol. The van der Waals surface area contributed by atoms with Crippen LogP contribution in [0.2, 0.25) is 0 Å². The quantitative estimate of drug-likeness (QED) is 0.468. The van der Waals surface area contributed by atoms with Gasteiger partial charge in [0.15, 0.2) is 0 Å². The van der Waals surface area contributed by atoms with Crippen LogP contribution < -0.4 is 10.6 Å². The number of hydrogen-bond donors (Lipinski definition) is 3. The summed E-state index contributed by atoms with van der Waals surface area (Å²) >= 11 is 0. The molecule has 0 unspecified atom stereocenters. The summed E-state index contributed by atoms with van der Waals surface area (Å²) in [4.78, 5) is 12.5. The van der Waals surface area contributed by atoms with Gasteiger partial charge >= 0.3 is 6.18 Å². The minimum Gasteiger partial charge on any atom is -0.390 e. The summed E-state index contributed by atoms with van der Waals surface area (Å²) < 4.78 is 40.7. The smallest absolute Gasteiger partial charge is 0.390 e. The summed E-state index contributed by atoms with van der Waals surface area (Å²) in [6.45, 7) is 2.05. The Kier molecular flexibility index (Phi) is 6.51. The number of rotatable bonds is 6. The van der Waals surface area contributed by atoms with Crippen LogP contribution in [0.25, 0.3) is 11.3 Å². The number of alkyl halides is 3. The molecule has 0 spiro atoms. The van der Waals surface area contributed by atoms with Gasteiger partial charge in [0.05, 0.1) is 11.3 Å². The van der Waals surface area contributed by atoms with Crippen molar-refractivity contribution in [2.24, 2.45) is 0 Å². The van der Waals surface area contributed by atoms with Crippen molar-refractivity contribution >= 4 is 11.8 Å². The molecule has 0 saturated heterocycles. The van der Waals surface area contributed by atoms with Crippen LogP contribution in [0.5, 0.6) is 0 Å².